The molecule has 4 rings (SSSR count). The summed E-state index contributed by atoms with van der Waals surface area (Å²) in [5.41, 5.74) is 3.65. The minimum absolute atomic E-state index is 0.00699. The molecule has 11 heteroatoms. The zero-order chi connectivity index (χ0) is 20.1. The first-order valence-electron chi connectivity index (χ1n) is 9.36. The summed E-state index contributed by atoms with van der Waals surface area (Å²) in [5.74, 6) is 0.393. The van der Waals surface area contributed by atoms with E-state index in [9.17, 15) is 13.2 Å². The molecule has 2 saturated heterocycles. The van der Waals surface area contributed by atoms with Crippen molar-refractivity contribution in [1.82, 2.24) is 24.3 Å². The van der Waals surface area contributed by atoms with Gasteiger partial charge in [0, 0.05) is 26.2 Å². The van der Waals surface area contributed by atoms with Crippen molar-refractivity contribution in [3.63, 3.8) is 0 Å². The fraction of sp³-hybridized carbons (Fsp3) is 0.647. The van der Waals surface area contributed by atoms with Crippen LogP contribution in [0, 0.1) is 20.8 Å². The maximum Gasteiger partial charge on any atom is 0.267 e. The van der Waals surface area contributed by atoms with Gasteiger partial charge in [-0.15, -0.1) is 5.10 Å². The van der Waals surface area contributed by atoms with Gasteiger partial charge >= 0.3 is 0 Å². The number of amides is 1. The predicted octanol–water partition coefficient (Wildman–Crippen LogP) is 0.982. The normalized spacial score (nSPS) is 22.0. The Kier molecular flexibility index (Phi) is 4.90. The number of sulfone groups is 1. The molecule has 0 bridgehead atoms. The number of carbonyl (C=O) groups excluding carboxylic acids is 1. The van der Waals surface area contributed by atoms with E-state index in [1.807, 2.05) is 23.4 Å². The maximum absolute atomic E-state index is 12.7. The minimum Gasteiger partial charge on any atom is -0.365 e. The number of anilines is 1. The third kappa shape index (κ3) is 3.41. The molecule has 0 aliphatic carbocycles. The van der Waals surface area contributed by atoms with Crippen molar-refractivity contribution in [2.45, 2.75) is 33.2 Å². The average Bonchev–Trinajstić information content (AvgIpc) is 3.32. The minimum atomic E-state index is -2.96. The van der Waals surface area contributed by atoms with Gasteiger partial charge in [-0.05, 0) is 38.7 Å². The molecular weight excluding hydrogens is 400 g/mol. The van der Waals surface area contributed by atoms with E-state index in [2.05, 4.69) is 19.6 Å². The van der Waals surface area contributed by atoms with Crippen molar-refractivity contribution in [3.8, 4) is 0 Å². The van der Waals surface area contributed by atoms with Gasteiger partial charge in [-0.3, -0.25) is 9.48 Å². The topological polar surface area (TPSA) is 101 Å². The van der Waals surface area contributed by atoms with Gasteiger partial charge in [0.05, 0.1) is 40.3 Å². The smallest absolute Gasteiger partial charge is 0.267 e. The molecule has 28 heavy (non-hydrogen) atoms. The SMILES string of the molecule is Cc1nnsc1C(=O)N1CCN(c2c(C)nn(C3CCS(=O)(=O)C3)c2C)CC1. The molecule has 152 valence electrons. The molecule has 0 aromatic carbocycles. The van der Waals surface area contributed by atoms with Gasteiger partial charge < -0.3 is 9.80 Å². The lowest BCUT2D eigenvalue weighted by Crippen LogP contribution is -2.49. The molecule has 1 amide bonds. The Hall–Kier alpha value is -2.01. The Morgan fingerprint density at radius 3 is 2.39 bits per heavy atom. The Morgan fingerprint density at radius 1 is 1.11 bits per heavy atom. The summed E-state index contributed by atoms with van der Waals surface area (Å²) >= 11 is 1.14. The van der Waals surface area contributed by atoms with E-state index in [0.29, 0.717) is 43.2 Å². The molecule has 4 heterocycles. The van der Waals surface area contributed by atoms with Gasteiger partial charge in [0.15, 0.2) is 9.84 Å². The number of aryl methyl sites for hydroxylation is 2. The molecular formula is C17H24N6O3S2. The first kappa shape index (κ1) is 19.3. The molecule has 0 radical (unpaired) electrons. The first-order chi connectivity index (χ1) is 13.3. The average molecular weight is 425 g/mol. The van der Waals surface area contributed by atoms with Crippen LogP contribution < -0.4 is 4.90 Å². The van der Waals surface area contributed by atoms with Crippen LogP contribution in [-0.2, 0) is 9.84 Å². The van der Waals surface area contributed by atoms with E-state index in [4.69, 9.17) is 0 Å². The van der Waals surface area contributed by atoms with E-state index in [0.717, 1.165) is 28.6 Å². The van der Waals surface area contributed by atoms with Crippen molar-refractivity contribution < 1.29 is 13.2 Å². The van der Waals surface area contributed by atoms with Gasteiger partial charge in [-0.25, -0.2) is 8.42 Å². The van der Waals surface area contributed by atoms with Crippen LogP contribution in [0.2, 0.25) is 0 Å². The van der Waals surface area contributed by atoms with Crippen LogP contribution in [0.5, 0.6) is 0 Å². The summed E-state index contributed by atoms with van der Waals surface area (Å²) in [4.78, 5) is 17.4. The lowest BCUT2D eigenvalue weighted by molar-refractivity contribution is 0.0750. The molecule has 2 aromatic rings. The molecule has 0 saturated carbocycles. The number of rotatable bonds is 3. The van der Waals surface area contributed by atoms with E-state index >= 15 is 0 Å². The summed E-state index contributed by atoms with van der Waals surface area (Å²) in [6, 6.07) is -0.0814. The van der Waals surface area contributed by atoms with Crippen LogP contribution in [0.25, 0.3) is 0 Å². The van der Waals surface area contributed by atoms with Crippen LogP contribution in [0.15, 0.2) is 0 Å². The Balaban J connectivity index is 1.48. The number of nitrogens with zero attached hydrogens (tertiary/aromatic N) is 6. The van der Waals surface area contributed by atoms with E-state index < -0.39 is 9.84 Å². The second kappa shape index (κ2) is 7.11. The molecule has 9 nitrogen and oxygen atoms in total. The summed E-state index contributed by atoms with van der Waals surface area (Å²) in [6.07, 6.45) is 0.619. The maximum atomic E-state index is 12.7. The van der Waals surface area contributed by atoms with Crippen LogP contribution >= 0.6 is 11.5 Å². The largest absolute Gasteiger partial charge is 0.365 e. The van der Waals surface area contributed by atoms with Crippen LogP contribution in [-0.4, -0.2) is 76.3 Å². The fourth-order valence-electron chi connectivity index (χ4n) is 4.14. The van der Waals surface area contributed by atoms with Gasteiger partial charge in [-0.1, -0.05) is 4.49 Å². The second-order valence-corrected chi connectivity index (χ2v) is 10.5. The number of hydrogen-bond donors (Lipinski definition) is 0. The van der Waals surface area contributed by atoms with E-state index in [1.165, 1.54) is 0 Å². The molecule has 1 unspecified atom stereocenters. The molecule has 2 aliphatic heterocycles. The van der Waals surface area contributed by atoms with Crippen molar-refractivity contribution >= 4 is 33.0 Å². The third-order valence-corrected chi connectivity index (χ3v) is 8.14. The fourth-order valence-corrected chi connectivity index (χ4v) is 6.46. The highest BCUT2D eigenvalue weighted by molar-refractivity contribution is 7.91. The third-order valence-electron chi connectivity index (χ3n) is 5.57. The number of piperazine rings is 1. The summed E-state index contributed by atoms with van der Waals surface area (Å²) in [7, 11) is -2.96. The molecule has 0 N–H and O–H groups in total. The van der Waals surface area contributed by atoms with Crippen molar-refractivity contribution in [2.75, 3.05) is 42.6 Å². The Morgan fingerprint density at radius 2 is 1.82 bits per heavy atom. The van der Waals surface area contributed by atoms with Crippen molar-refractivity contribution in [2.24, 2.45) is 0 Å². The highest BCUT2D eigenvalue weighted by Crippen LogP contribution is 2.31. The lowest BCUT2D eigenvalue weighted by Gasteiger charge is -2.36. The zero-order valence-electron chi connectivity index (χ0n) is 16.3. The summed E-state index contributed by atoms with van der Waals surface area (Å²) < 4.78 is 29.4. The molecule has 0 spiro atoms. The molecule has 2 aromatic heterocycles. The quantitative estimate of drug-likeness (QED) is 0.724. The van der Waals surface area contributed by atoms with Gasteiger partial charge in [0.2, 0.25) is 0 Å². The highest BCUT2D eigenvalue weighted by atomic mass is 32.2. The van der Waals surface area contributed by atoms with Crippen molar-refractivity contribution in [3.05, 3.63) is 22.0 Å². The van der Waals surface area contributed by atoms with Crippen LogP contribution in [0.3, 0.4) is 0 Å². The lowest BCUT2D eigenvalue weighted by atomic mass is 10.2. The monoisotopic (exact) mass is 424 g/mol. The standard InChI is InChI=1S/C17H24N6O3S2/c1-11-15(13(3)23(19-11)14-4-9-28(25,26)10-14)21-5-7-22(8-6-21)17(24)16-12(2)18-20-27-16/h14H,4-10H2,1-3H3. The zero-order valence-corrected chi connectivity index (χ0v) is 17.9. The van der Waals surface area contributed by atoms with E-state index in [-0.39, 0.29) is 23.5 Å². The van der Waals surface area contributed by atoms with Gasteiger partial charge in [0.1, 0.15) is 4.88 Å². The summed E-state index contributed by atoms with van der Waals surface area (Å²) in [5, 5.41) is 8.58. The molecule has 1 atom stereocenters. The molecule has 2 fully saturated rings. The van der Waals surface area contributed by atoms with Crippen LogP contribution in [0.1, 0.15) is 39.2 Å². The Bertz CT molecular complexity index is 1000. The van der Waals surface area contributed by atoms with Crippen molar-refractivity contribution in [1.29, 1.82) is 0 Å². The van der Waals surface area contributed by atoms with Gasteiger partial charge in [0.25, 0.3) is 5.91 Å². The number of carbonyl (C=O) groups is 1. The first-order valence-corrected chi connectivity index (χ1v) is 12.0. The number of aromatic nitrogens is 4. The van der Waals surface area contributed by atoms with E-state index in [1.54, 1.807) is 6.92 Å². The Labute approximate surface area is 168 Å². The summed E-state index contributed by atoms with van der Waals surface area (Å²) in [6.45, 7) is 8.45. The highest BCUT2D eigenvalue weighted by Gasteiger charge is 2.33. The molecule has 2 aliphatic rings. The predicted molar refractivity (Wildman–Crippen MR) is 107 cm³/mol. The van der Waals surface area contributed by atoms with Gasteiger partial charge in [-0.2, -0.15) is 5.10 Å². The second-order valence-electron chi connectivity index (χ2n) is 7.49. The van der Waals surface area contributed by atoms with Crippen LogP contribution in [0.4, 0.5) is 5.69 Å². The number of hydrogen-bond acceptors (Lipinski definition) is 8.